The fraction of sp³-hybridized carbons (Fsp3) is 0.400. The number of para-hydroxylation sites is 1. The molecule has 1 atom stereocenters. The first kappa shape index (κ1) is 23.4. The number of hydrogen-bond donors (Lipinski definition) is 2. The van der Waals surface area contributed by atoms with Crippen molar-refractivity contribution in [3.8, 4) is 0 Å². The van der Waals surface area contributed by atoms with E-state index in [1.165, 1.54) is 29.0 Å². The quantitative estimate of drug-likeness (QED) is 0.416. The van der Waals surface area contributed by atoms with Crippen LogP contribution in [0.25, 0.3) is 21.1 Å². The van der Waals surface area contributed by atoms with E-state index in [0.29, 0.717) is 36.1 Å². The Balaban J connectivity index is 0.000000156. The minimum absolute atomic E-state index is 0.438. The Morgan fingerprint density at radius 3 is 2.74 bits per heavy atom. The molecule has 2 fully saturated rings. The fourth-order valence-corrected chi connectivity index (χ4v) is 5.62. The zero-order valence-corrected chi connectivity index (χ0v) is 20.7. The number of pyridine rings is 1. The van der Waals surface area contributed by atoms with Crippen LogP contribution in [0, 0.1) is 5.92 Å². The lowest BCUT2D eigenvalue weighted by molar-refractivity contribution is -0.144. The molecule has 182 valence electrons. The molecular formula is C25H29N7O2S. The van der Waals surface area contributed by atoms with E-state index in [4.69, 9.17) is 0 Å². The van der Waals surface area contributed by atoms with E-state index >= 15 is 0 Å². The van der Waals surface area contributed by atoms with Gasteiger partial charge < -0.3 is 15.1 Å². The molecule has 0 bridgehead atoms. The van der Waals surface area contributed by atoms with Crippen molar-refractivity contribution in [3.63, 3.8) is 0 Å². The molecule has 0 spiro atoms. The number of hydrogen-bond acceptors (Lipinski definition) is 7. The highest BCUT2D eigenvalue weighted by Gasteiger charge is 2.28. The second-order valence-corrected chi connectivity index (χ2v) is 10.5. The van der Waals surface area contributed by atoms with Crippen molar-refractivity contribution in [3.05, 3.63) is 47.9 Å². The van der Waals surface area contributed by atoms with Gasteiger partial charge >= 0.3 is 11.8 Å². The van der Waals surface area contributed by atoms with Gasteiger partial charge in [-0.05, 0) is 37.9 Å². The minimum Gasteiger partial charge on any atom is -0.334 e. The summed E-state index contributed by atoms with van der Waals surface area (Å²) in [7, 11) is 2.16. The smallest absolute Gasteiger partial charge is 0.314 e. The van der Waals surface area contributed by atoms with Crippen LogP contribution in [-0.4, -0.2) is 75.0 Å². The van der Waals surface area contributed by atoms with Gasteiger partial charge in [0.1, 0.15) is 0 Å². The third-order valence-electron chi connectivity index (χ3n) is 6.47. The van der Waals surface area contributed by atoms with Gasteiger partial charge in [0.25, 0.3) is 0 Å². The standard InChI is InChI=1S/C14H17N5O2.C11H12N2S/c1-9-3-2-4-19(8-9)14(21)13(20)17-11-7-15-5-10-6-16-18-12(10)11;1-13-6-8(7-13)11-12-9-4-2-3-5-10(9)14-11/h5-7,9H,2-4,8H2,1H3,(H,16,18)(H,17,20);2-5,8H,6-7H2,1H3. The number of carbonyl (C=O) groups excluding carboxylic acids is 2. The Morgan fingerprint density at radius 2 is 1.97 bits per heavy atom. The molecule has 6 rings (SSSR count). The summed E-state index contributed by atoms with van der Waals surface area (Å²) in [5.41, 5.74) is 2.29. The molecule has 1 unspecified atom stereocenters. The molecule has 5 heterocycles. The first-order valence-corrected chi connectivity index (χ1v) is 12.7. The lowest BCUT2D eigenvalue weighted by Gasteiger charge is -2.34. The van der Waals surface area contributed by atoms with Crippen LogP contribution in [0.5, 0.6) is 0 Å². The van der Waals surface area contributed by atoms with Crippen LogP contribution in [0.15, 0.2) is 42.9 Å². The van der Waals surface area contributed by atoms with Crippen molar-refractivity contribution >= 4 is 50.0 Å². The lowest BCUT2D eigenvalue weighted by Crippen LogP contribution is -2.44. The summed E-state index contributed by atoms with van der Waals surface area (Å²) in [6.07, 6.45) is 6.81. The third kappa shape index (κ3) is 5.18. The van der Waals surface area contributed by atoms with Crippen LogP contribution in [0.2, 0.25) is 0 Å². The van der Waals surface area contributed by atoms with Crippen molar-refractivity contribution in [1.29, 1.82) is 0 Å². The molecule has 1 aromatic carbocycles. The van der Waals surface area contributed by atoms with E-state index < -0.39 is 11.8 Å². The number of aromatic nitrogens is 4. The van der Waals surface area contributed by atoms with Gasteiger partial charge in [-0.3, -0.25) is 19.7 Å². The Kier molecular flexibility index (Phi) is 6.74. The van der Waals surface area contributed by atoms with Gasteiger partial charge in [-0.25, -0.2) is 4.98 Å². The van der Waals surface area contributed by atoms with Crippen LogP contribution >= 0.6 is 11.3 Å². The maximum Gasteiger partial charge on any atom is 0.314 e. The Morgan fingerprint density at radius 1 is 1.14 bits per heavy atom. The third-order valence-corrected chi connectivity index (χ3v) is 7.66. The fourth-order valence-electron chi connectivity index (χ4n) is 4.57. The summed E-state index contributed by atoms with van der Waals surface area (Å²) in [5.74, 6) is -0.00308. The second-order valence-electron chi connectivity index (χ2n) is 9.41. The number of piperidine rings is 1. The minimum atomic E-state index is -0.631. The van der Waals surface area contributed by atoms with Crippen molar-refractivity contribution in [2.24, 2.45) is 5.92 Å². The molecule has 35 heavy (non-hydrogen) atoms. The number of fused-ring (bicyclic) bond motifs is 2. The van der Waals surface area contributed by atoms with Crippen LogP contribution in [0.4, 0.5) is 5.69 Å². The van der Waals surface area contributed by atoms with Crippen LogP contribution < -0.4 is 5.32 Å². The van der Waals surface area contributed by atoms with Crippen molar-refractivity contribution < 1.29 is 9.59 Å². The molecule has 3 aromatic heterocycles. The number of carbonyl (C=O) groups is 2. The summed E-state index contributed by atoms with van der Waals surface area (Å²) < 4.78 is 1.32. The summed E-state index contributed by atoms with van der Waals surface area (Å²) >= 11 is 1.85. The number of anilines is 1. The summed E-state index contributed by atoms with van der Waals surface area (Å²) in [6.45, 7) is 5.70. The van der Waals surface area contributed by atoms with E-state index in [1.807, 2.05) is 11.3 Å². The monoisotopic (exact) mass is 491 g/mol. The first-order valence-electron chi connectivity index (χ1n) is 11.9. The van der Waals surface area contributed by atoms with Gasteiger partial charge in [-0.1, -0.05) is 19.1 Å². The van der Waals surface area contributed by atoms with Gasteiger partial charge in [-0.15, -0.1) is 11.3 Å². The summed E-state index contributed by atoms with van der Waals surface area (Å²) in [4.78, 5) is 36.9. The van der Waals surface area contributed by atoms with Gasteiger partial charge in [0.2, 0.25) is 0 Å². The highest BCUT2D eigenvalue weighted by molar-refractivity contribution is 7.18. The number of H-pyrrole nitrogens is 1. The van der Waals surface area contributed by atoms with Crippen molar-refractivity contribution in [2.75, 3.05) is 38.5 Å². The first-order chi connectivity index (χ1) is 17.0. The molecule has 0 saturated carbocycles. The van der Waals surface area contributed by atoms with Crippen molar-refractivity contribution in [1.82, 2.24) is 30.0 Å². The zero-order valence-electron chi connectivity index (χ0n) is 19.9. The largest absolute Gasteiger partial charge is 0.334 e. The molecule has 0 radical (unpaired) electrons. The zero-order chi connectivity index (χ0) is 24.4. The number of nitrogens with one attached hydrogen (secondary N) is 2. The number of amides is 2. The predicted octanol–water partition coefficient (Wildman–Crippen LogP) is 3.48. The highest BCUT2D eigenvalue weighted by atomic mass is 32.1. The van der Waals surface area contributed by atoms with Gasteiger partial charge in [0.15, 0.2) is 0 Å². The van der Waals surface area contributed by atoms with Gasteiger partial charge in [0, 0.05) is 43.7 Å². The average Bonchev–Trinajstić information content (AvgIpc) is 3.49. The van der Waals surface area contributed by atoms with E-state index in [9.17, 15) is 9.59 Å². The molecule has 2 amide bonds. The molecule has 4 aromatic rings. The number of rotatable bonds is 2. The number of aromatic amines is 1. The Bertz CT molecular complexity index is 1310. The number of likely N-dealkylation sites (tertiary alicyclic amines) is 2. The second kappa shape index (κ2) is 10.1. The van der Waals surface area contributed by atoms with Crippen molar-refractivity contribution in [2.45, 2.75) is 25.7 Å². The number of thiazole rings is 1. The summed E-state index contributed by atoms with van der Waals surface area (Å²) in [5, 5.41) is 11.4. The molecule has 9 nitrogen and oxygen atoms in total. The Labute approximate surface area is 207 Å². The molecule has 2 N–H and O–H groups in total. The predicted molar refractivity (Wildman–Crippen MR) is 137 cm³/mol. The number of nitrogens with zero attached hydrogens (tertiary/aromatic N) is 5. The highest BCUT2D eigenvalue weighted by Crippen LogP contribution is 2.32. The topological polar surface area (TPSA) is 107 Å². The maximum atomic E-state index is 12.2. The molecule has 0 aliphatic carbocycles. The average molecular weight is 492 g/mol. The maximum absolute atomic E-state index is 12.2. The molecule has 2 aliphatic rings. The van der Waals surface area contributed by atoms with Gasteiger partial charge in [-0.2, -0.15) is 5.10 Å². The number of likely N-dealkylation sites (N-methyl/N-ethyl adjacent to an activating group) is 1. The van der Waals surface area contributed by atoms with Crippen LogP contribution in [-0.2, 0) is 9.59 Å². The summed E-state index contributed by atoms with van der Waals surface area (Å²) in [6, 6.07) is 8.38. The molecular weight excluding hydrogens is 462 g/mol. The Hall–Kier alpha value is -3.37. The SMILES string of the molecule is CC1CCCN(C(=O)C(=O)Nc2cncc3cn[nH]c23)C1.CN1CC(c2nc3ccccc3s2)C1. The van der Waals surface area contributed by atoms with Gasteiger partial charge in [0.05, 0.1) is 38.8 Å². The van der Waals surface area contributed by atoms with Crippen LogP contribution in [0.1, 0.15) is 30.7 Å². The van der Waals surface area contributed by atoms with E-state index in [1.54, 1.807) is 17.3 Å². The van der Waals surface area contributed by atoms with Crippen LogP contribution in [0.3, 0.4) is 0 Å². The molecule has 10 heteroatoms. The molecule has 2 aliphatic heterocycles. The van der Waals surface area contributed by atoms with E-state index in [0.717, 1.165) is 23.7 Å². The van der Waals surface area contributed by atoms with E-state index in [2.05, 4.69) is 68.6 Å². The lowest BCUT2D eigenvalue weighted by atomic mass is 10.0. The number of benzene rings is 1. The van der Waals surface area contributed by atoms with E-state index in [-0.39, 0.29) is 0 Å². The normalized spacial score (nSPS) is 18.7. The molecule has 2 saturated heterocycles.